The van der Waals surface area contributed by atoms with E-state index in [2.05, 4.69) is 6.92 Å². The Bertz CT molecular complexity index is 263. The van der Waals surface area contributed by atoms with Gasteiger partial charge in [-0.05, 0) is 6.42 Å². The van der Waals surface area contributed by atoms with E-state index in [0.29, 0.717) is 6.42 Å². The van der Waals surface area contributed by atoms with Gasteiger partial charge in [-0.3, -0.25) is 11.5 Å². The molecule has 0 saturated carbocycles. The van der Waals surface area contributed by atoms with E-state index < -0.39 is 12.0 Å². The van der Waals surface area contributed by atoms with Crippen LogP contribution in [0.3, 0.4) is 0 Å². The van der Waals surface area contributed by atoms with Crippen molar-refractivity contribution in [1.82, 2.24) is 0 Å². The average molecular weight is 347 g/mol. The van der Waals surface area contributed by atoms with Crippen LogP contribution in [0.1, 0.15) is 96.8 Å². The molecular formula is C19H42N2O3. The third kappa shape index (κ3) is 16.7. The molecule has 5 heteroatoms. The van der Waals surface area contributed by atoms with Crippen LogP contribution in [-0.2, 0) is 4.74 Å². The normalized spacial score (nSPS) is 13.4. The molecule has 0 bridgehead atoms. The van der Waals surface area contributed by atoms with Crippen LogP contribution in [0.25, 0.3) is 0 Å². The van der Waals surface area contributed by atoms with Crippen molar-refractivity contribution in [2.75, 3.05) is 13.2 Å². The summed E-state index contributed by atoms with van der Waals surface area (Å²) in [5.74, 6) is -1.20. The van der Waals surface area contributed by atoms with Crippen LogP contribution in [0.2, 0.25) is 0 Å². The second-order valence-corrected chi connectivity index (χ2v) is 7.09. The van der Waals surface area contributed by atoms with Gasteiger partial charge < -0.3 is 14.9 Å². The number of aliphatic hydroxyl groups is 2. The third-order valence-corrected chi connectivity index (χ3v) is 4.43. The molecule has 0 aromatic carbocycles. The summed E-state index contributed by atoms with van der Waals surface area (Å²) in [6.45, 7) is 1.90. The number of hydrogen-bond acceptors (Lipinski definition) is 5. The van der Waals surface area contributed by atoms with Gasteiger partial charge in [0.15, 0.2) is 5.85 Å². The highest BCUT2D eigenvalue weighted by atomic mass is 16.5. The zero-order valence-corrected chi connectivity index (χ0v) is 15.8. The zero-order chi connectivity index (χ0) is 18.1. The van der Waals surface area contributed by atoms with Crippen molar-refractivity contribution >= 4 is 0 Å². The van der Waals surface area contributed by atoms with Crippen molar-refractivity contribution < 1.29 is 14.9 Å². The maximum atomic E-state index is 9.22. The monoisotopic (exact) mass is 346 g/mol. The molecular weight excluding hydrogens is 304 g/mol. The smallest absolute Gasteiger partial charge is 0.169 e. The van der Waals surface area contributed by atoms with E-state index in [9.17, 15) is 5.11 Å². The number of hydrogen-bond donors (Lipinski definition) is 4. The molecule has 0 saturated heterocycles. The predicted molar refractivity (Wildman–Crippen MR) is 100 cm³/mol. The first-order valence-electron chi connectivity index (χ1n) is 10.0. The Labute approximate surface area is 149 Å². The van der Waals surface area contributed by atoms with Crippen LogP contribution in [0, 0.1) is 0 Å². The average Bonchev–Trinajstić information content (AvgIpc) is 2.57. The van der Waals surface area contributed by atoms with Gasteiger partial charge in [-0.2, -0.15) is 0 Å². The van der Waals surface area contributed by atoms with Gasteiger partial charge in [0.25, 0.3) is 0 Å². The summed E-state index contributed by atoms with van der Waals surface area (Å²) in [4.78, 5) is 0. The lowest BCUT2D eigenvalue weighted by Gasteiger charge is -2.25. The van der Waals surface area contributed by atoms with Crippen LogP contribution in [-0.4, -0.2) is 35.4 Å². The van der Waals surface area contributed by atoms with Gasteiger partial charge in [0.05, 0.1) is 13.2 Å². The molecule has 0 aromatic rings. The van der Waals surface area contributed by atoms with E-state index in [1.165, 1.54) is 70.6 Å². The predicted octanol–water partition coefficient (Wildman–Crippen LogP) is 3.41. The third-order valence-electron chi connectivity index (χ3n) is 4.43. The first-order valence-corrected chi connectivity index (χ1v) is 10.0. The number of ether oxygens (including phenoxy) is 1. The molecule has 0 aliphatic heterocycles. The molecule has 0 aliphatic carbocycles. The minimum Gasteiger partial charge on any atom is -0.394 e. The fourth-order valence-corrected chi connectivity index (χ4v) is 2.80. The minimum absolute atomic E-state index is 0.0258. The van der Waals surface area contributed by atoms with E-state index >= 15 is 0 Å². The highest BCUT2D eigenvalue weighted by molar-refractivity contribution is 4.66. The van der Waals surface area contributed by atoms with E-state index in [4.69, 9.17) is 21.3 Å². The van der Waals surface area contributed by atoms with Gasteiger partial charge in [-0.1, -0.05) is 84.0 Å². The number of aliphatic hydroxyl groups excluding tert-OH is 2. The summed E-state index contributed by atoms with van der Waals surface area (Å²) in [7, 11) is 0. The topological polar surface area (TPSA) is 102 Å². The molecule has 0 spiro atoms. The summed E-state index contributed by atoms with van der Waals surface area (Å²) in [5.41, 5.74) is 11.6. The molecule has 0 fully saturated rings. The Morgan fingerprint density at radius 1 is 0.792 bits per heavy atom. The zero-order valence-electron chi connectivity index (χ0n) is 15.8. The SMILES string of the molecule is CCCCCCCCCCCCCCCC(N)(N)OCC(O)CO. The summed E-state index contributed by atoms with van der Waals surface area (Å²) in [5, 5.41) is 17.9. The Hall–Kier alpha value is -0.200. The fourth-order valence-electron chi connectivity index (χ4n) is 2.80. The lowest BCUT2D eigenvalue weighted by molar-refractivity contribution is -0.0881. The standard InChI is InChI=1S/C19H42N2O3/c1-2-3-4-5-6-7-8-9-10-11-12-13-14-15-19(20,21)24-17-18(23)16-22/h18,22-23H,2-17,20-21H2,1H3. The summed E-state index contributed by atoms with van der Waals surface area (Å²) in [6, 6.07) is 0. The van der Waals surface area contributed by atoms with Crippen molar-refractivity contribution in [2.45, 2.75) is 109 Å². The van der Waals surface area contributed by atoms with E-state index in [1.807, 2.05) is 0 Å². The summed E-state index contributed by atoms with van der Waals surface area (Å²) in [6.07, 6.45) is 16.6. The van der Waals surface area contributed by atoms with Crippen molar-refractivity contribution in [1.29, 1.82) is 0 Å². The molecule has 0 rings (SSSR count). The molecule has 1 unspecified atom stereocenters. The molecule has 0 amide bonds. The first kappa shape index (κ1) is 23.8. The maximum absolute atomic E-state index is 9.22. The van der Waals surface area contributed by atoms with E-state index in [0.717, 1.165) is 12.8 Å². The van der Waals surface area contributed by atoms with Crippen LogP contribution < -0.4 is 11.5 Å². The molecule has 6 N–H and O–H groups in total. The van der Waals surface area contributed by atoms with Crippen molar-refractivity contribution in [3.05, 3.63) is 0 Å². The molecule has 5 nitrogen and oxygen atoms in total. The lowest BCUT2D eigenvalue weighted by atomic mass is 10.0. The van der Waals surface area contributed by atoms with E-state index in [1.54, 1.807) is 0 Å². The molecule has 146 valence electrons. The fraction of sp³-hybridized carbons (Fsp3) is 1.00. The molecule has 0 radical (unpaired) electrons. The second kappa shape index (κ2) is 16.3. The number of rotatable bonds is 18. The van der Waals surface area contributed by atoms with Gasteiger partial charge in [-0.25, -0.2) is 0 Å². The maximum Gasteiger partial charge on any atom is 0.169 e. The molecule has 0 heterocycles. The van der Waals surface area contributed by atoms with Crippen molar-refractivity contribution in [3.63, 3.8) is 0 Å². The number of unbranched alkanes of at least 4 members (excludes halogenated alkanes) is 12. The number of nitrogens with two attached hydrogens (primary N) is 2. The van der Waals surface area contributed by atoms with Gasteiger partial charge >= 0.3 is 0 Å². The largest absolute Gasteiger partial charge is 0.394 e. The van der Waals surface area contributed by atoms with Crippen molar-refractivity contribution in [2.24, 2.45) is 11.5 Å². The van der Waals surface area contributed by atoms with Crippen LogP contribution >= 0.6 is 0 Å². The van der Waals surface area contributed by atoms with Gasteiger partial charge in [-0.15, -0.1) is 0 Å². The van der Waals surface area contributed by atoms with Gasteiger partial charge in [0, 0.05) is 6.42 Å². The molecule has 1 atom stereocenters. The summed E-state index contributed by atoms with van der Waals surface area (Å²) < 4.78 is 5.23. The van der Waals surface area contributed by atoms with Gasteiger partial charge in [0.1, 0.15) is 6.10 Å². The minimum atomic E-state index is -1.20. The highest BCUT2D eigenvalue weighted by Crippen LogP contribution is 2.14. The highest BCUT2D eigenvalue weighted by Gasteiger charge is 2.20. The van der Waals surface area contributed by atoms with Crippen LogP contribution in [0.15, 0.2) is 0 Å². The quantitative estimate of drug-likeness (QED) is 0.225. The summed E-state index contributed by atoms with van der Waals surface area (Å²) >= 11 is 0. The Balaban J connectivity index is 3.29. The Kier molecular flexibility index (Phi) is 16.1. The molecule has 0 aromatic heterocycles. The molecule has 24 heavy (non-hydrogen) atoms. The van der Waals surface area contributed by atoms with E-state index in [-0.39, 0.29) is 13.2 Å². The van der Waals surface area contributed by atoms with Crippen LogP contribution in [0.5, 0.6) is 0 Å². The second-order valence-electron chi connectivity index (χ2n) is 7.09. The molecule has 0 aliphatic rings. The first-order chi connectivity index (χ1) is 11.5. The Morgan fingerprint density at radius 2 is 1.21 bits per heavy atom. The Morgan fingerprint density at radius 3 is 1.62 bits per heavy atom. The van der Waals surface area contributed by atoms with Gasteiger partial charge in [0.2, 0.25) is 0 Å². The van der Waals surface area contributed by atoms with Crippen LogP contribution in [0.4, 0.5) is 0 Å². The van der Waals surface area contributed by atoms with Crippen molar-refractivity contribution in [3.8, 4) is 0 Å². The lowest BCUT2D eigenvalue weighted by Crippen LogP contribution is -2.53.